The van der Waals surface area contributed by atoms with Crippen LogP contribution in [0.3, 0.4) is 0 Å². The van der Waals surface area contributed by atoms with E-state index in [1.165, 1.54) is 77.5 Å². The van der Waals surface area contributed by atoms with Gasteiger partial charge in [0, 0.05) is 27.7 Å². The van der Waals surface area contributed by atoms with E-state index in [1.54, 1.807) is 5.57 Å². The highest BCUT2D eigenvalue weighted by Gasteiger charge is 2.39. The minimum absolute atomic E-state index is 0.0723. The number of hydrogen-bond donors (Lipinski definition) is 0. The molecule has 60 heavy (non-hydrogen) atoms. The minimum Gasteiger partial charge on any atom is -0.294 e. The van der Waals surface area contributed by atoms with E-state index in [0.29, 0.717) is 5.92 Å². The third kappa shape index (κ3) is 5.30. The normalized spacial score (nSPS) is 17.2. The van der Waals surface area contributed by atoms with Crippen LogP contribution in [0.4, 0.5) is 0 Å². The largest absolute Gasteiger partial charge is 0.294 e. The van der Waals surface area contributed by atoms with E-state index in [9.17, 15) is 0 Å². The lowest BCUT2D eigenvalue weighted by Crippen LogP contribution is -2.19. The molecule has 2 atom stereocenters. The van der Waals surface area contributed by atoms with Gasteiger partial charge in [0.15, 0.2) is 0 Å². The molecule has 0 spiro atoms. The summed E-state index contributed by atoms with van der Waals surface area (Å²) in [7, 11) is 0. The van der Waals surface area contributed by atoms with Crippen LogP contribution in [0.5, 0.6) is 0 Å². The molecular formula is C58H44N2. The number of hydrogen-bond acceptors (Lipinski definition) is 1. The first-order chi connectivity index (χ1) is 29.4. The van der Waals surface area contributed by atoms with Gasteiger partial charge in [-0.05, 0) is 122 Å². The molecule has 0 aliphatic heterocycles. The predicted molar refractivity (Wildman–Crippen MR) is 251 cm³/mol. The Balaban J connectivity index is 1.10. The van der Waals surface area contributed by atoms with Crippen LogP contribution in [0, 0.1) is 5.92 Å². The lowest BCUT2D eigenvalue weighted by Gasteiger charge is -2.27. The number of aromatic nitrogens is 2. The van der Waals surface area contributed by atoms with Gasteiger partial charge in [-0.3, -0.25) is 4.57 Å². The van der Waals surface area contributed by atoms with E-state index in [-0.39, 0.29) is 11.3 Å². The lowest BCUT2D eigenvalue weighted by molar-refractivity contribution is 0.566. The van der Waals surface area contributed by atoms with E-state index >= 15 is 0 Å². The van der Waals surface area contributed by atoms with E-state index < -0.39 is 0 Å². The quantitative estimate of drug-likeness (QED) is 0.170. The monoisotopic (exact) mass is 768 g/mol. The maximum Gasteiger partial charge on any atom is 0.138 e. The predicted octanol–water partition coefficient (Wildman–Crippen LogP) is 15.0. The van der Waals surface area contributed by atoms with Gasteiger partial charge < -0.3 is 0 Å². The molecule has 0 radical (unpaired) electrons. The fourth-order valence-corrected chi connectivity index (χ4v) is 10.7. The van der Waals surface area contributed by atoms with Gasteiger partial charge in [0.25, 0.3) is 0 Å². The third-order valence-corrected chi connectivity index (χ3v) is 13.7. The van der Waals surface area contributed by atoms with Crippen molar-refractivity contribution in [3.63, 3.8) is 0 Å². The summed E-state index contributed by atoms with van der Waals surface area (Å²) in [4.78, 5) is 5.50. The number of benzene rings is 7. The number of nitrogens with zero attached hydrogens (tertiary/aromatic N) is 2. The maximum atomic E-state index is 5.50. The van der Waals surface area contributed by atoms with Crippen LogP contribution in [0.2, 0.25) is 0 Å². The van der Waals surface area contributed by atoms with Gasteiger partial charge in [0.1, 0.15) is 5.82 Å². The van der Waals surface area contributed by atoms with Crippen molar-refractivity contribution in [3.05, 3.63) is 221 Å². The molecule has 2 nitrogen and oxygen atoms in total. The van der Waals surface area contributed by atoms with Crippen molar-refractivity contribution in [2.45, 2.75) is 38.5 Å². The minimum atomic E-state index is -0.0723. The second-order valence-corrected chi connectivity index (χ2v) is 17.6. The van der Waals surface area contributed by atoms with Crippen LogP contribution >= 0.6 is 0 Å². The van der Waals surface area contributed by atoms with Crippen molar-refractivity contribution in [3.8, 4) is 50.5 Å². The summed E-state index contributed by atoms with van der Waals surface area (Å²) in [6.07, 6.45) is 5.89. The van der Waals surface area contributed by atoms with Crippen LogP contribution < -0.4 is 0 Å². The molecule has 2 heteroatoms. The molecule has 2 heterocycles. The lowest BCUT2D eigenvalue weighted by atomic mass is 9.76. The molecule has 0 saturated heterocycles. The molecule has 2 aromatic heterocycles. The SMILES string of the molecule is CC1C=CC2=C(C1)C(C)(C)c1cc3c(cc12)c1cc(-c2ccc4c(c2)-c2ccccc2C4c2ccccc2)ccc1n3-c1cc(-c2ccccc2)cc(-c2ccccc2)n1. The molecule has 3 aliphatic rings. The molecule has 2 unspecified atom stereocenters. The van der Waals surface area contributed by atoms with Crippen molar-refractivity contribution in [2.24, 2.45) is 5.92 Å². The number of pyridine rings is 1. The molecule has 7 aromatic carbocycles. The van der Waals surface area contributed by atoms with Gasteiger partial charge in [0.2, 0.25) is 0 Å². The molecule has 0 fully saturated rings. The molecular weight excluding hydrogens is 725 g/mol. The summed E-state index contributed by atoms with van der Waals surface area (Å²) in [6, 6.07) is 65.0. The van der Waals surface area contributed by atoms with Gasteiger partial charge in [-0.2, -0.15) is 0 Å². The van der Waals surface area contributed by atoms with Gasteiger partial charge in [-0.1, -0.05) is 172 Å². The Morgan fingerprint density at radius 2 is 1.20 bits per heavy atom. The third-order valence-electron chi connectivity index (χ3n) is 13.7. The van der Waals surface area contributed by atoms with Crippen LogP contribution in [-0.2, 0) is 5.41 Å². The van der Waals surface area contributed by atoms with Gasteiger partial charge in [-0.15, -0.1) is 0 Å². The Morgan fingerprint density at radius 3 is 2.00 bits per heavy atom. The van der Waals surface area contributed by atoms with Crippen molar-refractivity contribution in [1.29, 1.82) is 0 Å². The molecule has 0 bridgehead atoms. The molecule has 0 amide bonds. The summed E-state index contributed by atoms with van der Waals surface area (Å²) in [5.74, 6) is 1.69. The summed E-state index contributed by atoms with van der Waals surface area (Å²) in [5.41, 5.74) is 21.6. The van der Waals surface area contributed by atoms with Crippen molar-refractivity contribution in [1.82, 2.24) is 9.55 Å². The first-order valence-electron chi connectivity index (χ1n) is 21.4. The summed E-state index contributed by atoms with van der Waals surface area (Å²) in [6.45, 7) is 7.19. The standard InChI is InChI=1S/C58H44N2/c1-36-23-26-44-48-34-50-49-31-41(40-24-27-46-47(30-40)43-21-13-14-22-45(43)57(46)39-19-11-6-12-20-39)25-28-54(49)60(55(50)35-52(48)58(2,3)51(44)29-36)56-33-42(37-15-7-4-8-16-37)32-53(59-56)38-17-9-5-10-18-38/h4-28,30-36,57H,29H2,1-3H3. The Hall–Kier alpha value is -7.03. The number of allylic oxidation sites excluding steroid dienone is 4. The average molecular weight is 769 g/mol. The zero-order valence-electron chi connectivity index (χ0n) is 34.2. The van der Waals surface area contributed by atoms with E-state index in [1.807, 2.05) is 0 Å². The van der Waals surface area contributed by atoms with Crippen molar-refractivity contribution in [2.75, 3.05) is 0 Å². The van der Waals surface area contributed by atoms with Gasteiger partial charge in [0.05, 0.1) is 16.7 Å². The Bertz CT molecular complexity index is 3200. The van der Waals surface area contributed by atoms with Crippen LogP contribution in [0.1, 0.15) is 60.9 Å². The zero-order chi connectivity index (χ0) is 40.1. The van der Waals surface area contributed by atoms with Crippen LogP contribution in [0.15, 0.2) is 194 Å². The van der Waals surface area contributed by atoms with Gasteiger partial charge >= 0.3 is 0 Å². The molecule has 286 valence electrons. The highest BCUT2D eigenvalue weighted by Crippen LogP contribution is 2.53. The average Bonchev–Trinajstić information content (AvgIpc) is 3.88. The molecule has 0 saturated carbocycles. The van der Waals surface area contributed by atoms with E-state index in [2.05, 4.69) is 213 Å². The van der Waals surface area contributed by atoms with Crippen LogP contribution in [-0.4, -0.2) is 9.55 Å². The topological polar surface area (TPSA) is 17.8 Å². The molecule has 9 aromatic rings. The highest BCUT2D eigenvalue weighted by molar-refractivity contribution is 6.12. The van der Waals surface area contributed by atoms with E-state index in [4.69, 9.17) is 4.98 Å². The summed E-state index contributed by atoms with van der Waals surface area (Å²) >= 11 is 0. The summed E-state index contributed by atoms with van der Waals surface area (Å²) in [5, 5.41) is 2.49. The Morgan fingerprint density at radius 1 is 0.533 bits per heavy atom. The second-order valence-electron chi connectivity index (χ2n) is 17.6. The first kappa shape index (κ1) is 35.0. The maximum absolute atomic E-state index is 5.50. The molecule has 0 N–H and O–H groups in total. The first-order valence-corrected chi connectivity index (χ1v) is 21.4. The fourth-order valence-electron chi connectivity index (χ4n) is 10.7. The fraction of sp³-hybridized carbons (Fsp3) is 0.121. The Labute approximate surface area is 351 Å². The summed E-state index contributed by atoms with van der Waals surface area (Å²) < 4.78 is 2.43. The molecule has 3 aliphatic carbocycles. The van der Waals surface area contributed by atoms with Gasteiger partial charge in [-0.25, -0.2) is 4.98 Å². The smallest absolute Gasteiger partial charge is 0.138 e. The zero-order valence-corrected chi connectivity index (χ0v) is 34.2. The van der Waals surface area contributed by atoms with Crippen LogP contribution in [0.25, 0.3) is 77.8 Å². The van der Waals surface area contributed by atoms with Crippen molar-refractivity contribution >= 4 is 27.4 Å². The second kappa shape index (κ2) is 13.2. The number of fused-ring (bicyclic) bond motifs is 8. The molecule has 12 rings (SSSR count). The Kier molecular flexibility index (Phi) is 7.72. The highest BCUT2D eigenvalue weighted by atomic mass is 15.1. The number of rotatable bonds is 5. The van der Waals surface area contributed by atoms with Crippen molar-refractivity contribution < 1.29 is 0 Å². The van der Waals surface area contributed by atoms with E-state index in [0.717, 1.165) is 34.6 Å².